The summed E-state index contributed by atoms with van der Waals surface area (Å²) in [5.41, 5.74) is 6.09. The first-order valence-corrected chi connectivity index (χ1v) is 7.59. The van der Waals surface area contributed by atoms with E-state index in [1.807, 2.05) is 4.90 Å². The summed E-state index contributed by atoms with van der Waals surface area (Å²) in [5.74, 6) is 0.255. The lowest BCUT2D eigenvalue weighted by Gasteiger charge is -2.38. The maximum absolute atomic E-state index is 12.5. The molecule has 0 aromatic rings. The standard InChI is InChI=1S/C14H26N4O2/c1-16-13(19)10-17-6-8-18(9-7-17)14(20)11-4-2-3-5-12(11)15/h11-12H,2-10,15H2,1H3,(H,16,19). The summed E-state index contributed by atoms with van der Waals surface area (Å²) >= 11 is 0. The van der Waals surface area contributed by atoms with Gasteiger partial charge in [0.1, 0.15) is 0 Å². The van der Waals surface area contributed by atoms with Gasteiger partial charge in [-0.3, -0.25) is 14.5 Å². The smallest absolute Gasteiger partial charge is 0.233 e. The monoisotopic (exact) mass is 282 g/mol. The minimum atomic E-state index is 0.00856. The van der Waals surface area contributed by atoms with Crippen molar-refractivity contribution in [2.24, 2.45) is 11.7 Å². The number of piperazine rings is 1. The Morgan fingerprint density at radius 2 is 1.80 bits per heavy atom. The van der Waals surface area contributed by atoms with Gasteiger partial charge in [0.15, 0.2) is 0 Å². The van der Waals surface area contributed by atoms with E-state index in [0.29, 0.717) is 19.6 Å². The van der Waals surface area contributed by atoms with Gasteiger partial charge >= 0.3 is 0 Å². The van der Waals surface area contributed by atoms with E-state index in [4.69, 9.17) is 5.73 Å². The molecule has 2 rings (SSSR count). The number of likely N-dealkylation sites (N-methyl/N-ethyl adjacent to an activating group) is 1. The first-order valence-electron chi connectivity index (χ1n) is 7.59. The molecule has 1 heterocycles. The summed E-state index contributed by atoms with van der Waals surface area (Å²) in [6.07, 6.45) is 4.15. The molecule has 0 spiro atoms. The molecule has 2 amide bonds. The number of amides is 2. The van der Waals surface area contributed by atoms with Gasteiger partial charge in [0.2, 0.25) is 11.8 Å². The van der Waals surface area contributed by atoms with Crippen LogP contribution in [0.5, 0.6) is 0 Å². The van der Waals surface area contributed by atoms with Crippen molar-refractivity contribution in [2.45, 2.75) is 31.7 Å². The van der Waals surface area contributed by atoms with Gasteiger partial charge < -0.3 is 16.0 Å². The lowest BCUT2D eigenvalue weighted by Crippen LogP contribution is -2.54. The maximum Gasteiger partial charge on any atom is 0.233 e. The van der Waals surface area contributed by atoms with Gasteiger partial charge in [-0.2, -0.15) is 0 Å². The van der Waals surface area contributed by atoms with Gasteiger partial charge in [-0.1, -0.05) is 12.8 Å². The molecule has 0 aromatic heterocycles. The zero-order chi connectivity index (χ0) is 14.5. The van der Waals surface area contributed by atoms with E-state index in [2.05, 4.69) is 10.2 Å². The van der Waals surface area contributed by atoms with Crippen molar-refractivity contribution in [2.75, 3.05) is 39.8 Å². The summed E-state index contributed by atoms with van der Waals surface area (Å²) in [5, 5.41) is 2.63. The number of hydrogen-bond acceptors (Lipinski definition) is 4. The molecule has 1 saturated heterocycles. The maximum atomic E-state index is 12.5. The SMILES string of the molecule is CNC(=O)CN1CCN(C(=O)C2CCCCC2N)CC1. The van der Waals surface area contributed by atoms with Gasteiger partial charge in [0.05, 0.1) is 12.5 Å². The van der Waals surface area contributed by atoms with E-state index < -0.39 is 0 Å². The van der Waals surface area contributed by atoms with Crippen molar-refractivity contribution in [3.05, 3.63) is 0 Å². The fourth-order valence-corrected chi connectivity index (χ4v) is 3.11. The number of rotatable bonds is 3. The lowest BCUT2D eigenvalue weighted by atomic mass is 9.84. The molecule has 2 unspecified atom stereocenters. The third kappa shape index (κ3) is 3.70. The van der Waals surface area contributed by atoms with E-state index in [9.17, 15) is 9.59 Å². The predicted octanol–water partition coefficient (Wildman–Crippen LogP) is -0.606. The van der Waals surface area contributed by atoms with Crippen LogP contribution in [0.15, 0.2) is 0 Å². The number of nitrogens with zero attached hydrogens (tertiary/aromatic N) is 2. The first kappa shape index (κ1) is 15.3. The summed E-state index contributed by atoms with van der Waals surface area (Å²) in [7, 11) is 1.65. The van der Waals surface area contributed by atoms with Crippen LogP contribution in [0.3, 0.4) is 0 Å². The van der Waals surface area contributed by atoms with Crippen molar-refractivity contribution >= 4 is 11.8 Å². The molecule has 2 atom stereocenters. The highest BCUT2D eigenvalue weighted by Crippen LogP contribution is 2.25. The van der Waals surface area contributed by atoms with Crippen LogP contribution >= 0.6 is 0 Å². The number of hydrogen-bond donors (Lipinski definition) is 2. The average molecular weight is 282 g/mol. The topological polar surface area (TPSA) is 78.7 Å². The Morgan fingerprint density at radius 1 is 1.15 bits per heavy atom. The lowest BCUT2D eigenvalue weighted by molar-refractivity contribution is -0.139. The molecule has 1 saturated carbocycles. The Kier molecular flexibility index (Phi) is 5.37. The second-order valence-corrected chi connectivity index (χ2v) is 5.83. The minimum Gasteiger partial charge on any atom is -0.358 e. The van der Waals surface area contributed by atoms with Gasteiger partial charge in [0, 0.05) is 39.3 Å². The zero-order valence-electron chi connectivity index (χ0n) is 12.3. The second-order valence-electron chi connectivity index (χ2n) is 5.83. The van der Waals surface area contributed by atoms with E-state index in [1.54, 1.807) is 7.05 Å². The first-order chi connectivity index (χ1) is 9.61. The fraction of sp³-hybridized carbons (Fsp3) is 0.857. The molecule has 6 heteroatoms. The molecule has 0 bridgehead atoms. The minimum absolute atomic E-state index is 0.00856. The molecule has 3 N–H and O–H groups in total. The van der Waals surface area contributed by atoms with Crippen LogP contribution in [-0.4, -0.2) is 67.4 Å². The Labute approximate surface area is 120 Å². The molecule has 0 aromatic carbocycles. The summed E-state index contributed by atoms with van der Waals surface area (Å²) in [6.45, 7) is 3.36. The molecule has 1 aliphatic carbocycles. The van der Waals surface area contributed by atoms with Crippen molar-refractivity contribution in [3.8, 4) is 0 Å². The Balaban J connectivity index is 1.80. The molecule has 0 radical (unpaired) electrons. The molecule has 1 aliphatic heterocycles. The number of nitrogens with one attached hydrogen (secondary N) is 1. The fourth-order valence-electron chi connectivity index (χ4n) is 3.11. The summed E-state index contributed by atoms with van der Waals surface area (Å²) < 4.78 is 0. The molecular weight excluding hydrogens is 256 g/mol. The van der Waals surface area contributed by atoms with Crippen molar-refractivity contribution in [1.82, 2.24) is 15.1 Å². The Hall–Kier alpha value is -1.14. The normalized spacial score (nSPS) is 28.2. The number of carbonyl (C=O) groups excluding carboxylic acids is 2. The van der Waals surface area contributed by atoms with Crippen LogP contribution in [0.1, 0.15) is 25.7 Å². The van der Waals surface area contributed by atoms with Crippen LogP contribution in [0.2, 0.25) is 0 Å². The van der Waals surface area contributed by atoms with E-state index in [1.165, 1.54) is 0 Å². The molecule has 2 aliphatic rings. The highest BCUT2D eigenvalue weighted by Gasteiger charge is 2.33. The highest BCUT2D eigenvalue weighted by atomic mass is 16.2. The molecule has 20 heavy (non-hydrogen) atoms. The molecule has 2 fully saturated rings. The predicted molar refractivity (Wildman–Crippen MR) is 77.0 cm³/mol. The second kappa shape index (κ2) is 7.04. The largest absolute Gasteiger partial charge is 0.358 e. The van der Waals surface area contributed by atoms with Crippen LogP contribution in [0.4, 0.5) is 0 Å². The molecule has 6 nitrogen and oxygen atoms in total. The molecule has 114 valence electrons. The Morgan fingerprint density at radius 3 is 2.40 bits per heavy atom. The highest BCUT2D eigenvalue weighted by molar-refractivity contribution is 5.80. The van der Waals surface area contributed by atoms with Crippen molar-refractivity contribution < 1.29 is 9.59 Å². The van der Waals surface area contributed by atoms with Gasteiger partial charge in [-0.25, -0.2) is 0 Å². The van der Waals surface area contributed by atoms with E-state index >= 15 is 0 Å². The van der Waals surface area contributed by atoms with E-state index in [0.717, 1.165) is 38.8 Å². The van der Waals surface area contributed by atoms with Gasteiger partial charge in [-0.05, 0) is 12.8 Å². The van der Waals surface area contributed by atoms with Crippen LogP contribution < -0.4 is 11.1 Å². The van der Waals surface area contributed by atoms with Crippen LogP contribution in [0, 0.1) is 5.92 Å². The quantitative estimate of drug-likeness (QED) is 0.724. The third-order valence-corrected chi connectivity index (χ3v) is 4.47. The average Bonchev–Trinajstić information content (AvgIpc) is 2.47. The summed E-state index contributed by atoms with van der Waals surface area (Å²) in [4.78, 5) is 27.8. The zero-order valence-corrected chi connectivity index (χ0v) is 12.3. The molecular formula is C14H26N4O2. The van der Waals surface area contributed by atoms with Crippen LogP contribution in [-0.2, 0) is 9.59 Å². The Bertz CT molecular complexity index is 353. The van der Waals surface area contributed by atoms with Gasteiger partial charge in [0.25, 0.3) is 0 Å². The van der Waals surface area contributed by atoms with Gasteiger partial charge in [-0.15, -0.1) is 0 Å². The van der Waals surface area contributed by atoms with Crippen molar-refractivity contribution in [3.63, 3.8) is 0 Å². The summed E-state index contributed by atoms with van der Waals surface area (Å²) in [6, 6.07) is 0.0279. The van der Waals surface area contributed by atoms with Crippen molar-refractivity contribution in [1.29, 1.82) is 0 Å². The van der Waals surface area contributed by atoms with Crippen LogP contribution in [0.25, 0.3) is 0 Å². The van der Waals surface area contributed by atoms with E-state index in [-0.39, 0.29) is 23.8 Å². The number of carbonyl (C=O) groups is 2. The number of nitrogens with two attached hydrogens (primary N) is 1. The third-order valence-electron chi connectivity index (χ3n) is 4.47.